The third-order valence-corrected chi connectivity index (χ3v) is 2.61. The second-order valence-electron chi connectivity index (χ2n) is 3.84. The molecule has 2 unspecified atom stereocenters. The van der Waals surface area contributed by atoms with E-state index < -0.39 is 0 Å². The molecule has 0 aromatic heterocycles. The number of halogens is 1. The Bertz CT molecular complexity index is 268. The molecule has 0 aliphatic carbocycles. The summed E-state index contributed by atoms with van der Waals surface area (Å²) >= 11 is 0. The van der Waals surface area contributed by atoms with Crippen LogP contribution in [-0.2, 0) is 0 Å². The topological polar surface area (TPSA) is 26.0 Å². The van der Waals surface area contributed by atoms with Gasteiger partial charge in [-0.15, -0.1) is 0 Å². The number of nitrogens with two attached hydrogens (primary N) is 1. The molecule has 0 saturated heterocycles. The van der Waals surface area contributed by atoms with E-state index in [4.69, 9.17) is 5.73 Å². The molecule has 0 aliphatic heterocycles. The Labute approximate surface area is 85.1 Å². The van der Waals surface area contributed by atoms with E-state index >= 15 is 0 Å². The third kappa shape index (κ3) is 2.81. The predicted molar refractivity (Wildman–Crippen MR) is 57.4 cm³/mol. The van der Waals surface area contributed by atoms with E-state index in [1.165, 1.54) is 12.1 Å². The Morgan fingerprint density at radius 3 is 2.36 bits per heavy atom. The molecule has 0 saturated carbocycles. The monoisotopic (exact) mass is 195 g/mol. The first kappa shape index (κ1) is 11.2. The van der Waals surface area contributed by atoms with E-state index in [9.17, 15) is 4.39 Å². The minimum atomic E-state index is -0.205. The molecule has 0 amide bonds. The van der Waals surface area contributed by atoms with Crippen LogP contribution in [0.1, 0.15) is 38.3 Å². The minimum Gasteiger partial charge on any atom is -0.324 e. The smallest absolute Gasteiger partial charge is 0.123 e. The van der Waals surface area contributed by atoms with Crippen LogP contribution >= 0.6 is 0 Å². The molecule has 2 atom stereocenters. The molecule has 1 aromatic rings. The van der Waals surface area contributed by atoms with E-state index in [1.54, 1.807) is 12.1 Å². The summed E-state index contributed by atoms with van der Waals surface area (Å²) in [5.41, 5.74) is 7.07. The van der Waals surface area contributed by atoms with Crippen molar-refractivity contribution in [1.82, 2.24) is 0 Å². The fraction of sp³-hybridized carbons (Fsp3) is 0.500. The first-order valence-corrected chi connectivity index (χ1v) is 5.16. The Kier molecular flexibility index (Phi) is 4.08. The molecule has 0 radical (unpaired) electrons. The van der Waals surface area contributed by atoms with Gasteiger partial charge >= 0.3 is 0 Å². The minimum absolute atomic E-state index is 0.0237. The normalized spacial score (nSPS) is 15.1. The van der Waals surface area contributed by atoms with Crippen molar-refractivity contribution in [3.05, 3.63) is 35.6 Å². The van der Waals surface area contributed by atoms with E-state index in [0.717, 1.165) is 18.4 Å². The van der Waals surface area contributed by atoms with Crippen molar-refractivity contribution in [1.29, 1.82) is 0 Å². The standard InChI is InChI=1S/C12H18FN/c1-3-4-9(2)12(14)10-5-7-11(13)8-6-10/h5-9,12H,3-4,14H2,1-2H3. The molecule has 1 nitrogen and oxygen atoms in total. The van der Waals surface area contributed by atoms with Gasteiger partial charge in [0.2, 0.25) is 0 Å². The van der Waals surface area contributed by atoms with Crippen LogP contribution in [0.2, 0.25) is 0 Å². The third-order valence-electron chi connectivity index (χ3n) is 2.61. The van der Waals surface area contributed by atoms with Gasteiger partial charge in [0.15, 0.2) is 0 Å². The maximum Gasteiger partial charge on any atom is 0.123 e. The van der Waals surface area contributed by atoms with Crippen molar-refractivity contribution in [3.8, 4) is 0 Å². The molecular weight excluding hydrogens is 177 g/mol. The summed E-state index contributed by atoms with van der Waals surface area (Å²) in [5, 5.41) is 0. The van der Waals surface area contributed by atoms with E-state index in [-0.39, 0.29) is 11.9 Å². The largest absolute Gasteiger partial charge is 0.324 e. The van der Waals surface area contributed by atoms with Crippen molar-refractivity contribution in [2.24, 2.45) is 11.7 Å². The number of hydrogen-bond acceptors (Lipinski definition) is 1. The number of benzene rings is 1. The molecule has 0 spiro atoms. The van der Waals surface area contributed by atoms with Gasteiger partial charge in [-0.1, -0.05) is 32.4 Å². The highest BCUT2D eigenvalue weighted by Crippen LogP contribution is 2.22. The second-order valence-corrected chi connectivity index (χ2v) is 3.84. The summed E-state index contributed by atoms with van der Waals surface area (Å²) in [5.74, 6) is 0.245. The second kappa shape index (κ2) is 5.11. The maximum atomic E-state index is 12.7. The van der Waals surface area contributed by atoms with Crippen molar-refractivity contribution < 1.29 is 4.39 Å². The van der Waals surface area contributed by atoms with Crippen molar-refractivity contribution in [3.63, 3.8) is 0 Å². The van der Waals surface area contributed by atoms with E-state index in [1.807, 2.05) is 0 Å². The lowest BCUT2D eigenvalue weighted by Gasteiger charge is -2.19. The first-order valence-electron chi connectivity index (χ1n) is 5.16. The van der Waals surface area contributed by atoms with Gasteiger partial charge in [-0.25, -0.2) is 4.39 Å². The summed E-state index contributed by atoms with van der Waals surface area (Å²) < 4.78 is 12.7. The average Bonchev–Trinajstić information content (AvgIpc) is 2.18. The van der Waals surface area contributed by atoms with Gasteiger partial charge in [-0.05, 0) is 30.0 Å². The zero-order chi connectivity index (χ0) is 10.6. The molecule has 2 heteroatoms. The highest BCUT2D eigenvalue weighted by molar-refractivity contribution is 5.19. The zero-order valence-electron chi connectivity index (χ0n) is 8.83. The molecule has 0 aliphatic rings. The molecule has 0 heterocycles. The van der Waals surface area contributed by atoms with Gasteiger partial charge in [0, 0.05) is 6.04 Å². The molecule has 0 bridgehead atoms. The fourth-order valence-corrected chi connectivity index (χ4v) is 1.65. The fourth-order valence-electron chi connectivity index (χ4n) is 1.65. The van der Waals surface area contributed by atoms with Gasteiger partial charge in [0.05, 0.1) is 0 Å². The van der Waals surface area contributed by atoms with Gasteiger partial charge in [0.25, 0.3) is 0 Å². The number of hydrogen-bond donors (Lipinski definition) is 1. The summed E-state index contributed by atoms with van der Waals surface area (Å²) in [6, 6.07) is 6.50. The average molecular weight is 195 g/mol. The van der Waals surface area contributed by atoms with Crippen LogP contribution in [0.4, 0.5) is 4.39 Å². The molecule has 0 fully saturated rings. The predicted octanol–water partition coefficient (Wildman–Crippen LogP) is 3.26. The molecular formula is C12H18FN. The maximum absolute atomic E-state index is 12.7. The lowest BCUT2D eigenvalue weighted by atomic mass is 9.92. The van der Waals surface area contributed by atoms with E-state index in [2.05, 4.69) is 13.8 Å². The molecule has 14 heavy (non-hydrogen) atoms. The number of rotatable bonds is 4. The molecule has 2 N–H and O–H groups in total. The Morgan fingerprint density at radius 2 is 1.86 bits per heavy atom. The van der Waals surface area contributed by atoms with Crippen LogP contribution in [0, 0.1) is 11.7 Å². The van der Waals surface area contributed by atoms with Crippen molar-refractivity contribution >= 4 is 0 Å². The van der Waals surface area contributed by atoms with Gasteiger partial charge in [-0.3, -0.25) is 0 Å². The summed E-state index contributed by atoms with van der Waals surface area (Å²) in [6.45, 7) is 4.28. The highest BCUT2D eigenvalue weighted by Gasteiger charge is 2.13. The summed E-state index contributed by atoms with van der Waals surface area (Å²) in [7, 11) is 0. The van der Waals surface area contributed by atoms with Crippen LogP contribution in [0.3, 0.4) is 0 Å². The van der Waals surface area contributed by atoms with Gasteiger partial charge in [-0.2, -0.15) is 0 Å². The van der Waals surface area contributed by atoms with E-state index in [0.29, 0.717) is 5.92 Å². The van der Waals surface area contributed by atoms with Crippen LogP contribution < -0.4 is 5.73 Å². The van der Waals surface area contributed by atoms with Crippen LogP contribution in [-0.4, -0.2) is 0 Å². The van der Waals surface area contributed by atoms with Crippen molar-refractivity contribution in [2.75, 3.05) is 0 Å². The molecule has 1 rings (SSSR count). The Hall–Kier alpha value is -0.890. The van der Waals surface area contributed by atoms with Crippen LogP contribution in [0.25, 0.3) is 0 Å². The zero-order valence-corrected chi connectivity index (χ0v) is 8.83. The van der Waals surface area contributed by atoms with Crippen LogP contribution in [0.5, 0.6) is 0 Å². The lowest BCUT2D eigenvalue weighted by Crippen LogP contribution is -2.18. The molecule has 78 valence electrons. The van der Waals surface area contributed by atoms with Crippen LogP contribution in [0.15, 0.2) is 24.3 Å². The lowest BCUT2D eigenvalue weighted by molar-refractivity contribution is 0.433. The first-order chi connectivity index (χ1) is 6.65. The highest BCUT2D eigenvalue weighted by atomic mass is 19.1. The summed E-state index contributed by atoms with van der Waals surface area (Å²) in [6.07, 6.45) is 2.24. The quantitative estimate of drug-likeness (QED) is 0.784. The Balaban J connectivity index is 2.68. The Morgan fingerprint density at radius 1 is 1.29 bits per heavy atom. The SMILES string of the molecule is CCCC(C)C(N)c1ccc(F)cc1. The van der Waals surface area contributed by atoms with Crippen molar-refractivity contribution in [2.45, 2.75) is 32.7 Å². The van der Waals surface area contributed by atoms with Gasteiger partial charge in [0.1, 0.15) is 5.82 Å². The summed E-state index contributed by atoms with van der Waals surface area (Å²) in [4.78, 5) is 0. The van der Waals surface area contributed by atoms with Gasteiger partial charge < -0.3 is 5.73 Å². The molecule has 1 aromatic carbocycles.